The lowest BCUT2D eigenvalue weighted by Gasteiger charge is -2.13. The number of aryl methyl sites for hydroxylation is 2. The highest BCUT2D eigenvalue weighted by Crippen LogP contribution is 2.28. The van der Waals surface area contributed by atoms with E-state index < -0.39 is 11.9 Å². The van der Waals surface area contributed by atoms with Gasteiger partial charge >= 0.3 is 11.9 Å². The summed E-state index contributed by atoms with van der Waals surface area (Å²) in [5.74, 6) is -0.176. The monoisotopic (exact) mass is 496 g/mol. The van der Waals surface area contributed by atoms with Gasteiger partial charge in [0.2, 0.25) is 0 Å². The van der Waals surface area contributed by atoms with Gasteiger partial charge in [-0.3, -0.25) is 0 Å². The van der Waals surface area contributed by atoms with Crippen LogP contribution in [0.3, 0.4) is 0 Å². The van der Waals surface area contributed by atoms with Crippen molar-refractivity contribution in [3.63, 3.8) is 0 Å². The van der Waals surface area contributed by atoms with Crippen LogP contribution in [-0.2, 0) is 41.4 Å². The summed E-state index contributed by atoms with van der Waals surface area (Å²) in [6, 6.07) is 14.4. The van der Waals surface area contributed by atoms with Gasteiger partial charge in [0, 0.05) is 14.2 Å². The normalized spacial score (nSPS) is 10.5. The second kappa shape index (κ2) is 15.5. The average molecular weight is 497 g/mol. The van der Waals surface area contributed by atoms with Crippen LogP contribution in [0.15, 0.2) is 66.8 Å². The van der Waals surface area contributed by atoms with E-state index in [1.165, 1.54) is 19.8 Å². The summed E-state index contributed by atoms with van der Waals surface area (Å²) < 4.78 is 25.9. The fourth-order valence-corrected chi connectivity index (χ4v) is 3.49. The molecule has 0 heterocycles. The Hall–Kier alpha value is -3.42. The number of carbonyl (C=O) groups excluding carboxylic acids is 2. The van der Waals surface area contributed by atoms with Crippen molar-refractivity contribution < 1.29 is 33.3 Å². The maximum Gasteiger partial charge on any atom is 0.335 e. The number of hydrogen-bond donors (Lipinski definition) is 0. The SMILES string of the molecule is C=C(COC)C(=O)OCCCc1ccc(-c2ccc(OCCOC(=O)C(=C)COC)cc2CC)cc1. The van der Waals surface area contributed by atoms with Gasteiger partial charge in [-0.25, -0.2) is 9.59 Å². The van der Waals surface area contributed by atoms with E-state index in [9.17, 15) is 9.59 Å². The largest absolute Gasteiger partial charge is 0.490 e. The highest BCUT2D eigenvalue weighted by molar-refractivity contribution is 5.88. The topological polar surface area (TPSA) is 80.3 Å². The first-order chi connectivity index (χ1) is 17.4. The van der Waals surface area contributed by atoms with Crippen LogP contribution >= 0.6 is 0 Å². The summed E-state index contributed by atoms with van der Waals surface area (Å²) in [4.78, 5) is 23.5. The number of benzene rings is 2. The van der Waals surface area contributed by atoms with E-state index in [4.69, 9.17) is 23.7 Å². The van der Waals surface area contributed by atoms with Crippen LogP contribution < -0.4 is 4.74 Å². The number of ether oxygens (including phenoxy) is 5. The van der Waals surface area contributed by atoms with E-state index in [-0.39, 0.29) is 32.0 Å². The van der Waals surface area contributed by atoms with Crippen LogP contribution in [0.25, 0.3) is 11.1 Å². The minimum absolute atomic E-state index is 0.132. The predicted molar refractivity (Wildman–Crippen MR) is 139 cm³/mol. The second-order valence-corrected chi connectivity index (χ2v) is 8.17. The average Bonchev–Trinajstić information content (AvgIpc) is 2.89. The first-order valence-corrected chi connectivity index (χ1v) is 11.9. The fraction of sp³-hybridized carbons (Fsp3) is 0.379. The molecule has 0 unspecified atom stereocenters. The van der Waals surface area contributed by atoms with Crippen molar-refractivity contribution in [1.29, 1.82) is 0 Å². The van der Waals surface area contributed by atoms with Crippen molar-refractivity contribution in [3.05, 3.63) is 77.9 Å². The molecule has 0 saturated carbocycles. The van der Waals surface area contributed by atoms with Crippen LogP contribution in [0.5, 0.6) is 5.75 Å². The lowest BCUT2D eigenvalue weighted by atomic mass is 9.96. The van der Waals surface area contributed by atoms with Gasteiger partial charge in [-0.2, -0.15) is 0 Å². The maximum absolute atomic E-state index is 11.7. The van der Waals surface area contributed by atoms with Crippen LogP contribution in [0.2, 0.25) is 0 Å². The first-order valence-electron chi connectivity index (χ1n) is 11.9. The Kier molecular flexibility index (Phi) is 12.4. The van der Waals surface area contributed by atoms with Gasteiger partial charge in [0.15, 0.2) is 0 Å². The van der Waals surface area contributed by atoms with E-state index in [1.807, 2.05) is 18.2 Å². The molecular formula is C29H36O7. The van der Waals surface area contributed by atoms with Gasteiger partial charge in [0.1, 0.15) is 19.0 Å². The number of rotatable bonds is 16. The van der Waals surface area contributed by atoms with Gasteiger partial charge in [-0.15, -0.1) is 0 Å². The van der Waals surface area contributed by atoms with Crippen molar-refractivity contribution in [1.82, 2.24) is 0 Å². The van der Waals surface area contributed by atoms with Crippen molar-refractivity contribution in [3.8, 4) is 16.9 Å². The van der Waals surface area contributed by atoms with Gasteiger partial charge in [0.05, 0.1) is 31.0 Å². The third kappa shape index (κ3) is 9.32. The molecule has 0 aliphatic rings. The predicted octanol–water partition coefficient (Wildman–Crippen LogP) is 4.72. The quantitative estimate of drug-likeness (QED) is 0.189. The minimum Gasteiger partial charge on any atom is -0.490 e. The van der Waals surface area contributed by atoms with E-state index >= 15 is 0 Å². The Morgan fingerprint density at radius 2 is 1.42 bits per heavy atom. The Morgan fingerprint density at radius 1 is 0.806 bits per heavy atom. The van der Waals surface area contributed by atoms with Crippen molar-refractivity contribution in [2.45, 2.75) is 26.2 Å². The summed E-state index contributed by atoms with van der Waals surface area (Å²) in [5, 5.41) is 0. The van der Waals surface area contributed by atoms with E-state index in [1.54, 1.807) is 0 Å². The maximum atomic E-state index is 11.7. The summed E-state index contributed by atoms with van der Waals surface area (Å²) >= 11 is 0. The summed E-state index contributed by atoms with van der Waals surface area (Å²) in [7, 11) is 3.01. The van der Waals surface area contributed by atoms with Gasteiger partial charge in [0.25, 0.3) is 0 Å². The Labute approximate surface area is 213 Å². The number of carbonyl (C=O) groups is 2. The minimum atomic E-state index is -0.484. The van der Waals surface area contributed by atoms with Crippen LogP contribution in [0.1, 0.15) is 24.5 Å². The Balaban J connectivity index is 1.85. The van der Waals surface area contributed by atoms with E-state index in [0.29, 0.717) is 12.2 Å². The Morgan fingerprint density at radius 3 is 2.00 bits per heavy atom. The van der Waals surface area contributed by atoms with Gasteiger partial charge < -0.3 is 23.7 Å². The third-order valence-corrected chi connectivity index (χ3v) is 5.37. The molecule has 0 saturated heterocycles. The standard InChI is InChI=1S/C29H36O7/c1-6-24-18-26(34-16-17-36-29(31)22(3)20-33-5)13-14-27(24)25-11-9-23(10-12-25)8-7-15-35-28(30)21(2)19-32-4/h9-14,18H,2-3,6-8,15-17,19-20H2,1,4-5H3. The van der Waals surface area contributed by atoms with Gasteiger partial charge in [-0.05, 0) is 53.6 Å². The van der Waals surface area contributed by atoms with E-state index in [2.05, 4.69) is 44.3 Å². The molecule has 0 aliphatic carbocycles. The molecule has 0 N–H and O–H groups in total. The Bertz CT molecular complexity index is 1020. The molecule has 0 aliphatic heterocycles. The molecule has 0 amide bonds. The highest BCUT2D eigenvalue weighted by Gasteiger charge is 2.10. The lowest BCUT2D eigenvalue weighted by molar-refractivity contribution is -0.140. The van der Waals surface area contributed by atoms with Crippen LogP contribution in [0.4, 0.5) is 0 Å². The smallest absolute Gasteiger partial charge is 0.335 e. The summed E-state index contributed by atoms with van der Waals surface area (Å²) in [6.07, 6.45) is 2.38. The zero-order chi connectivity index (χ0) is 26.3. The van der Waals surface area contributed by atoms with Gasteiger partial charge in [-0.1, -0.05) is 50.4 Å². The molecule has 194 valence electrons. The molecule has 2 aromatic carbocycles. The second-order valence-electron chi connectivity index (χ2n) is 8.17. The molecule has 0 spiro atoms. The van der Waals surface area contributed by atoms with E-state index in [0.717, 1.165) is 41.7 Å². The number of methoxy groups -OCH3 is 2. The zero-order valence-corrected chi connectivity index (χ0v) is 21.5. The summed E-state index contributed by atoms with van der Waals surface area (Å²) in [6.45, 7) is 10.4. The molecule has 2 rings (SSSR count). The molecule has 0 fully saturated rings. The highest BCUT2D eigenvalue weighted by atomic mass is 16.6. The summed E-state index contributed by atoms with van der Waals surface area (Å²) in [5.41, 5.74) is 5.19. The zero-order valence-electron chi connectivity index (χ0n) is 21.5. The molecule has 0 bridgehead atoms. The molecule has 0 atom stereocenters. The first kappa shape index (κ1) is 28.8. The fourth-order valence-electron chi connectivity index (χ4n) is 3.49. The third-order valence-electron chi connectivity index (χ3n) is 5.37. The molecular weight excluding hydrogens is 460 g/mol. The molecule has 2 aromatic rings. The van der Waals surface area contributed by atoms with Crippen LogP contribution in [0, 0.1) is 0 Å². The number of hydrogen-bond acceptors (Lipinski definition) is 7. The lowest BCUT2D eigenvalue weighted by Crippen LogP contribution is -2.15. The molecule has 7 heteroatoms. The molecule has 7 nitrogen and oxygen atoms in total. The van der Waals surface area contributed by atoms with Crippen LogP contribution in [-0.4, -0.2) is 59.2 Å². The molecule has 0 radical (unpaired) electrons. The molecule has 0 aromatic heterocycles. The van der Waals surface area contributed by atoms with Crippen molar-refractivity contribution >= 4 is 11.9 Å². The molecule has 36 heavy (non-hydrogen) atoms. The van der Waals surface area contributed by atoms with Crippen molar-refractivity contribution in [2.75, 3.05) is 47.3 Å². The number of esters is 2. The van der Waals surface area contributed by atoms with Crippen molar-refractivity contribution in [2.24, 2.45) is 0 Å².